The van der Waals surface area contributed by atoms with Gasteiger partial charge in [-0.3, -0.25) is 0 Å². The van der Waals surface area contributed by atoms with E-state index in [1.165, 1.54) is 89.9 Å². The van der Waals surface area contributed by atoms with E-state index in [0.29, 0.717) is 5.76 Å². The molecule has 0 aromatic carbocycles. The first-order valence-electron chi connectivity index (χ1n) is 10.9. The van der Waals surface area contributed by atoms with Crippen molar-refractivity contribution in [2.75, 3.05) is 6.54 Å². The van der Waals surface area contributed by atoms with E-state index in [0.717, 1.165) is 25.8 Å². The van der Waals surface area contributed by atoms with Gasteiger partial charge < -0.3 is 10.4 Å². The predicted octanol–water partition coefficient (Wildman–Crippen LogP) is 7.65. The largest absolute Gasteiger partial charge is 0.511 e. The molecule has 0 spiro atoms. The number of aliphatic hydroxyl groups is 1. The Morgan fingerprint density at radius 3 is 1.50 bits per heavy atom. The summed E-state index contributed by atoms with van der Waals surface area (Å²) >= 11 is 0. The molecule has 0 aliphatic carbocycles. The summed E-state index contributed by atoms with van der Waals surface area (Å²) in [5, 5.41) is 12.8. The van der Waals surface area contributed by atoms with Gasteiger partial charge in [0.15, 0.2) is 0 Å². The summed E-state index contributed by atoms with van der Waals surface area (Å²) in [5.41, 5.74) is 0. The first-order valence-corrected chi connectivity index (χ1v) is 10.9. The van der Waals surface area contributed by atoms with E-state index in [9.17, 15) is 5.11 Å². The van der Waals surface area contributed by atoms with Crippen LogP contribution in [0.15, 0.2) is 12.0 Å². The van der Waals surface area contributed by atoms with Gasteiger partial charge in [0, 0.05) is 19.2 Å². The Hall–Kier alpha value is -0.660. The number of hydrogen-bond acceptors (Lipinski definition) is 2. The zero-order valence-electron chi connectivity index (χ0n) is 16.8. The molecule has 0 aromatic heterocycles. The number of nitrogens with one attached hydrogen (secondary N) is 1. The number of aliphatic hydroxyl groups excluding tert-OH is 1. The van der Waals surface area contributed by atoms with Gasteiger partial charge in [-0.25, -0.2) is 0 Å². The third-order valence-electron chi connectivity index (χ3n) is 4.73. The molecule has 0 heterocycles. The van der Waals surface area contributed by atoms with Gasteiger partial charge in [-0.15, -0.1) is 0 Å². The average molecular weight is 340 g/mol. The van der Waals surface area contributed by atoms with E-state index in [-0.39, 0.29) is 0 Å². The second kappa shape index (κ2) is 20.4. The highest BCUT2D eigenvalue weighted by molar-refractivity contribution is 4.88. The minimum atomic E-state index is 0.502. The van der Waals surface area contributed by atoms with Crippen molar-refractivity contribution in [3.05, 3.63) is 12.0 Å². The maximum absolute atomic E-state index is 9.59. The van der Waals surface area contributed by atoms with Crippen LogP contribution < -0.4 is 5.32 Å². The number of unbranched alkanes of at least 4 members (excludes halogenated alkanes) is 14. The Balaban J connectivity index is 3.10. The molecular formula is C22H45NO. The number of hydrogen-bond donors (Lipinski definition) is 2. The van der Waals surface area contributed by atoms with Crippen molar-refractivity contribution in [3.63, 3.8) is 0 Å². The monoisotopic (exact) mass is 339 g/mol. The van der Waals surface area contributed by atoms with Gasteiger partial charge in [-0.05, 0) is 12.8 Å². The van der Waals surface area contributed by atoms with E-state index >= 15 is 0 Å². The molecule has 0 aromatic rings. The Labute approximate surface area is 152 Å². The third kappa shape index (κ3) is 19.4. The van der Waals surface area contributed by atoms with Crippen molar-refractivity contribution < 1.29 is 5.11 Å². The van der Waals surface area contributed by atoms with Crippen LogP contribution in [0.25, 0.3) is 0 Å². The fraction of sp³-hybridized carbons (Fsp3) is 0.909. The van der Waals surface area contributed by atoms with Gasteiger partial charge in [0.25, 0.3) is 0 Å². The van der Waals surface area contributed by atoms with Crippen molar-refractivity contribution in [1.29, 1.82) is 0 Å². The SMILES string of the molecule is CCCCCCCCCCCCCCCCNC=C(O)CCCC. The third-order valence-corrected chi connectivity index (χ3v) is 4.73. The van der Waals surface area contributed by atoms with Crippen molar-refractivity contribution in [2.24, 2.45) is 0 Å². The predicted molar refractivity (Wildman–Crippen MR) is 109 cm³/mol. The second-order valence-corrected chi connectivity index (χ2v) is 7.29. The fourth-order valence-corrected chi connectivity index (χ4v) is 3.04. The minimum absolute atomic E-state index is 0.502. The summed E-state index contributed by atoms with van der Waals surface area (Å²) in [6, 6.07) is 0. The lowest BCUT2D eigenvalue weighted by Gasteiger charge is -2.04. The van der Waals surface area contributed by atoms with E-state index in [1.54, 1.807) is 6.20 Å². The lowest BCUT2D eigenvalue weighted by Crippen LogP contribution is -2.08. The van der Waals surface area contributed by atoms with Gasteiger partial charge >= 0.3 is 0 Å². The molecule has 0 rings (SSSR count). The van der Waals surface area contributed by atoms with Crippen LogP contribution in [-0.2, 0) is 0 Å². The Bertz CT molecular complexity index is 263. The van der Waals surface area contributed by atoms with Crippen LogP contribution in [0.1, 0.15) is 123 Å². The smallest absolute Gasteiger partial charge is 0.108 e. The lowest BCUT2D eigenvalue weighted by atomic mass is 10.0. The summed E-state index contributed by atoms with van der Waals surface area (Å²) in [6.45, 7) is 5.43. The molecule has 2 heteroatoms. The van der Waals surface area contributed by atoms with Crippen molar-refractivity contribution in [3.8, 4) is 0 Å². The van der Waals surface area contributed by atoms with E-state index in [4.69, 9.17) is 0 Å². The zero-order valence-corrected chi connectivity index (χ0v) is 16.8. The lowest BCUT2D eigenvalue weighted by molar-refractivity contribution is 0.378. The molecule has 0 bridgehead atoms. The highest BCUT2D eigenvalue weighted by atomic mass is 16.3. The molecule has 0 atom stereocenters. The summed E-state index contributed by atoms with van der Waals surface area (Å²) in [5.74, 6) is 0.502. The van der Waals surface area contributed by atoms with Crippen molar-refractivity contribution in [1.82, 2.24) is 5.32 Å². The highest BCUT2D eigenvalue weighted by Crippen LogP contribution is 2.12. The first kappa shape index (κ1) is 23.3. The maximum atomic E-state index is 9.59. The van der Waals surface area contributed by atoms with Crippen LogP contribution >= 0.6 is 0 Å². The molecule has 0 radical (unpaired) electrons. The Kier molecular flexibility index (Phi) is 19.8. The molecule has 24 heavy (non-hydrogen) atoms. The van der Waals surface area contributed by atoms with Crippen LogP contribution in [0.4, 0.5) is 0 Å². The number of allylic oxidation sites excluding steroid dienone is 1. The molecule has 2 N–H and O–H groups in total. The van der Waals surface area contributed by atoms with Crippen molar-refractivity contribution >= 4 is 0 Å². The van der Waals surface area contributed by atoms with Gasteiger partial charge in [-0.1, -0.05) is 104 Å². The van der Waals surface area contributed by atoms with Gasteiger partial charge in [0.1, 0.15) is 5.76 Å². The molecular weight excluding hydrogens is 294 g/mol. The van der Waals surface area contributed by atoms with Crippen LogP contribution in [0, 0.1) is 0 Å². The average Bonchev–Trinajstić information content (AvgIpc) is 2.59. The summed E-state index contributed by atoms with van der Waals surface area (Å²) in [7, 11) is 0. The van der Waals surface area contributed by atoms with Gasteiger partial charge in [-0.2, -0.15) is 0 Å². The highest BCUT2D eigenvalue weighted by Gasteiger charge is 1.94. The first-order chi connectivity index (χ1) is 11.8. The Morgan fingerprint density at radius 2 is 1.04 bits per heavy atom. The number of rotatable bonds is 19. The van der Waals surface area contributed by atoms with Crippen LogP contribution in [0.5, 0.6) is 0 Å². The molecule has 144 valence electrons. The molecule has 0 saturated heterocycles. The fourth-order valence-electron chi connectivity index (χ4n) is 3.04. The molecule has 2 nitrogen and oxygen atoms in total. The summed E-state index contributed by atoms with van der Waals surface area (Å²) in [6.07, 6.45) is 24.4. The summed E-state index contributed by atoms with van der Waals surface area (Å²) in [4.78, 5) is 0. The van der Waals surface area contributed by atoms with Crippen LogP contribution in [0.3, 0.4) is 0 Å². The van der Waals surface area contributed by atoms with E-state index in [2.05, 4.69) is 19.2 Å². The molecule has 0 aliphatic heterocycles. The van der Waals surface area contributed by atoms with Crippen molar-refractivity contribution in [2.45, 2.75) is 123 Å². The van der Waals surface area contributed by atoms with Crippen LogP contribution in [-0.4, -0.2) is 11.7 Å². The zero-order chi connectivity index (χ0) is 17.7. The normalized spacial score (nSPS) is 11.8. The standard InChI is InChI=1S/C22H45NO/c1-3-5-7-8-9-10-11-12-13-14-15-16-17-18-20-23-21-22(24)19-6-4-2/h21,23-24H,3-20H2,1-2H3. The van der Waals surface area contributed by atoms with Gasteiger partial charge in [0.2, 0.25) is 0 Å². The molecule has 0 fully saturated rings. The molecule has 0 unspecified atom stereocenters. The van der Waals surface area contributed by atoms with Gasteiger partial charge in [0.05, 0.1) is 0 Å². The van der Waals surface area contributed by atoms with E-state index in [1.807, 2.05) is 0 Å². The second-order valence-electron chi connectivity index (χ2n) is 7.29. The Morgan fingerprint density at radius 1 is 0.625 bits per heavy atom. The summed E-state index contributed by atoms with van der Waals surface area (Å²) < 4.78 is 0. The minimum Gasteiger partial charge on any atom is -0.511 e. The molecule has 0 saturated carbocycles. The van der Waals surface area contributed by atoms with E-state index < -0.39 is 0 Å². The quantitative estimate of drug-likeness (QED) is 0.187. The maximum Gasteiger partial charge on any atom is 0.108 e. The molecule has 0 aliphatic rings. The topological polar surface area (TPSA) is 32.3 Å². The van der Waals surface area contributed by atoms with Crippen LogP contribution in [0.2, 0.25) is 0 Å². The molecule has 0 amide bonds.